The van der Waals surface area contributed by atoms with E-state index in [9.17, 15) is 0 Å². The second kappa shape index (κ2) is 10.2. The second-order valence-corrected chi connectivity index (χ2v) is 12.6. The predicted molar refractivity (Wildman–Crippen MR) is 195 cm³/mol. The summed E-state index contributed by atoms with van der Waals surface area (Å²) >= 11 is 0. The first-order chi connectivity index (χ1) is 23.3. The molecule has 3 heteroatoms. The number of furan rings is 1. The highest BCUT2D eigenvalue weighted by molar-refractivity contribution is 6.10. The lowest BCUT2D eigenvalue weighted by Crippen LogP contribution is -2.20. The smallest absolute Gasteiger partial charge is 0.143 e. The quantitative estimate of drug-likeness (QED) is 0.201. The molecule has 2 aromatic heterocycles. The van der Waals surface area contributed by atoms with E-state index in [-0.39, 0.29) is 0 Å². The minimum Gasteiger partial charge on any atom is -0.455 e. The van der Waals surface area contributed by atoms with E-state index >= 15 is 0 Å². The van der Waals surface area contributed by atoms with Crippen molar-refractivity contribution in [2.24, 2.45) is 0 Å². The van der Waals surface area contributed by atoms with Gasteiger partial charge in [-0.05, 0) is 76.3 Å². The van der Waals surface area contributed by atoms with Gasteiger partial charge in [0.25, 0.3) is 0 Å². The van der Waals surface area contributed by atoms with Crippen LogP contribution in [0.4, 0.5) is 5.69 Å². The second-order valence-electron chi connectivity index (χ2n) is 12.6. The highest BCUT2D eigenvalue weighted by Crippen LogP contribution is 2.41. The lowest BCUT2D eigenvalue weighted by molar-refractivity contribution is 0.670. The Balaban J connectivity index is 1.19. The van der Waals surface area contributed by atoms with E-state index in [1.807, 2.05) is 6.07 Å². The fourth-order valence-corrected chi connectivity index (χ4v) is 7.71. The van der Waals surface area contributed by atoms with Gasteiger partial charge in [-0.1, -0.05) is 109 Å². The largest absolute Gasteiger partial charge is 0.455 e. The van der Waals surface area contributed by atoms with Crippen LogP contribution in [-0.4, -0.2) is 4.57 Å². The molecule has 0 unspecified atom stereocenters. The Hall–Kier alpha value is -6.06. The molecule has 0 saturated heterocycles. The van der Waals surface area contributed by atoms with Crippen molar-refractivity contribution < 1.29 is 4.42 Å². The molecule has 1 aliphatic heterocycles. The van der Waals surface area contributed by atoms with Crippen molar-refractivity contribution in [3.63, 3.8) is 0 Å². The van der Waals surface area contributed by atoms with Crippen molar-refractivity contribution in [2.75, 3.05) is 4.90 Å². The summed E-state index contributed by atoms with van der Waals surface area (Å²) in [5, 5.41) is 4.86. The molecule has 0 aliphatic carbocycles. The van der Waals surface area contributed by atoms with Crippen LogP contribution in [0, 0.1) is 0 Å². The predicted octanol–water partition coefficient (Wildman–Crippen LogP) is 11.5. The van der Waals surface area contributed by atoms with Gasteiger partial charge >= 0.3 is 0 Å². The lowest BCUT2D eigenvalue weighted by atomic mass is 9.92. The Morgan fingerprint density at radius 2 is 1.11 bits per heavy atom. The van der Waals surface area contributed by atoms with Gasteiger partial charge in [-0.3, -0.25) is 0 Å². The summed E-state index contributed by atoms with van der Waals surface area (Å²) in [7, 11) is 0. The molecule has 47 heavy (non-hydrogen) atoms. The molecule has 9 aromatic rings. The first-order valence-electron chi connectivity index (χ1n) is 16.3. The molecule has 0 atom stereocenters. The number of nitrogens with zero attached hydrogens (tertiary/aromatic N) is 2. The van der Waals surface area contributed by atoms with Crippen LogP contribution in [0.3, 0.4) is 0 Å². The van der Waals surface area contributed by atoms with E-state index in [1.54, 1.807) is 0 Å². The van der Waals surface area contributed by atoms with Crippen LogP contribution in [0.1, 0.15) is 11.1 Å². The Bertz CT molecular complexity index is 2590. The van der Waals surface area contributed by atoms with Gasteiger partial charge in [-0.15, -0.1) is 0 Å². The van der Waals surface area contributed by atoms with Crippen molar-refractivity contribution in [1.82, 2.24) is 4.57 Å². The maximum Gasteiger partial charge on any atom is 0.143 e. The van der Waals surface area contributed by atoms with Crippen molar-refractivity contribution in [2.45, 2.75) is 13.1 Å². The van der Waals surface area contributed by atoms with Crippen LogP contribution in [0.5, 0.6) is 0 Å². The van der Waals surface area contributed by atoms with Crippen LogP contribution >= 0.6 is 0 Å². The molecule has 10 rings (SSSR count). The molecule has 222 valence electrons. The van der Waals surface area contributed by atoms with E-state index in [0.29, 0.717) is 0 Å². The summed E-state index contributed by atoms with van der Waals surface area (Å²) in [4.78, 5) is 2.50. The van der Waals surface area contributed by atoms with Crippen LogP contribution in [0.2, 0.25) is 0 Å². The number of rotatable bonds is 3. The van der Waals surface area contributed by atoms with Gasteiger partial charge in [0.2, 0.25) is 0 Å². The van der Waals surface area contributed by atoms with Crippen molar-refractivity contribution in [3.05, 3.63) is 169 Å². The number of anilines is 1. The summed E-state index contributed by atoms with van der Waals surface area (Å²) in [6, 6.07) is 57.1. The molecule has 0 spiro atoms. The summed E-state index contributed by atoms with van der Waals surface area (Å²) in [5.41, 5.74) is 14.2. The number of para-hydroxylation sites is 5. The van der Waals surface area contributed by atoms with E-state index < -0.39 is 0 Å². The zero-order valence-electron chi connectivity index (χ0n) is 25.7. The maximum absolute atomic E-state index is 6.47. The summed E-state index contributed by atoms with van der Waals surface area (Å²) < 4.78 is 8.89. The number of fused-ring (bicyclic) bond motifs is 9. The van der Waals surface area contributed by atoms with Crippen molar-refractivity contribution >= 4 is 49.4 Å². The minimum atomic E-state index is 0.808. The SMILES string of the molecule is c1ccc(N2Cc3cc(-c4cccc5c4oc4ccccc45)ccc3-c3cc(-n4c5ccccc5c5ccccc54)ccc3C2)cc1. The number of hydrogen-bond acceptors (Lipinski definition) is 2. The Morgan fingerprint density at radius 1 is 0.426 bits per heavy atom. The average Bonchev–Trinajstić information content (AvgIpc) is 3.62. The van der Waals surface area contributed by atoms with E-state index in [0.717, 1.165) is 40.6 Å². The van der Waals surface area contributed by atoms with Gasteiger partial charge in [-0.2, -0.15) is 0 Å². The summed E-state index contributed by atoms with van der Waals surface area (Å²) in [5.74, 6) is 0. The highest BCUT2D eigenvalue weighted by atomic mass is 16.3. The third kappa shape index (κ3) is 4.06. The fraction of sp³-hybridized carbons (Fsp3) is 0.0455. The molecular formula is C44H30N2O. The zero-order valence-corrected chi connectivity index (χ0v) is 25.7. The topological polar surface area (TPSA) is 21.3 Å². The standard InChI is InChI=1S/C44H30N2O/c1-2-11-32(12-3-1)45-27-30-21-23-33(46-41-18-7-4-13-36(41)37-14-5-8-19-42(37)46)26-40(30)34-24-22-29(25-31(34)28-45)35-16-10-17-39-38-15-6-9-20-43(38)47-44(35)39/h1-26H,27-28H2. The number of hydrogen-bond donors (Lipinski definition) is 0. The Kier molecular flexibility index (Phi) is 5.70. The van der Waals surface area contributed by atoms with Gasteiger partial charge in [0, 0.05) is 51.6 Å². The minimum absolute atomic E-state index is 0.808. The Morgan fingerprint density at radius 3 is 1.91 bits per heavy atom. The summed E-state index contributed by atoms with van der Waals surface area (Å²) in [6.45, 7) is 1.64. The third-order valence-corrected chi connectivity index (χ3v) is 9.89. The van der Waals surface area contributed by atoms with Crippen molar-refractivity contribution in [1.29, 1.82) is 0 Å². The highest BCUT2D eigenvalue weighted by Gasteiger charge is 2.23. The van der Waals surface area contributed by atoms with Gasteiger partial charge < -0.3 is 13.9 Å². The van der Waals surface area contributed by atoms with Crippen LogP contribution in [-0.2, 0) is 13.1 Å². The molecule has 3 heterocycles. The van der Waals surface area contributed by atoms with Crippen LogP contribution < -0.4 is 4.90 Å². The molecule has 7 aromatic carbocycles. The third-order valence-electron chi connectivity index (χ3n) is 9.89. The molecule has 0 N–H and O–H groups in total. The van der Waals surface area contributed by atoms with E-state index in [4.69, 9.17) is 4.42 Å². The van der Waals surface area contributed by atoms with Crippen LogP contribution in [0.15, 0.2) is 162 Å². The number of benzene rings is 7. The van der Waals surface area contributed by atoms with Gasteiger partial charge in [0.1, 0.15) is 11.2 Å². The molecule has 3 nitrogen and oxygen atoms in total. The molecule has 0 fully saturated rings. The van der Waals surface area contributed by atoms with E-state index in [1.165, 1.54) is 61.0 Å². The molecule has 1 aliphatic rings. The van der Waals surface area contributed by atoms with E-state index in [2.05, 4.69) is 161 Å². The zero-order chi connectivity index (χ0) is 30.9. The summed E-state index contributed by atoms with van der Waals surface area (Å²) in [6.07, 6.45) is 0. The first-order valence-corrected chi connectivity index (χ1v) is 16.3. The molecule has 0 amide bonds. The monoisotopic (exact) mass is 602 g/mol. The first kappa shape index (κ1) is 26.2. The lowest BCUT2D eigenvalue weighted by Gasteiger charge is -2.24. The van der Waals surface area contributed by atoms with Gasteiger partial charge in [-0.25, -0.2) is 0 Å². The average molecular weight is 603 g/mol. The molecule has 0 radical (unpaired) electrons. The molecule has 0 saturated carbocycles. The van der Waals surface area contributed by atoms with Gasteiger partial charge in [0.15, 0.2) is 0 Å². The van der Waals surface area contributed by atoms with Gasteiger partial charge in [0.05, 0.1) is 11.0 Å². The van der Waals surface area contributed by atoms with Crippen molar-refractivity contribution in [3.8, 4) is 27.9 Å². The molecule has 0 bridgehead atoms. The maximum atomic E-state index is 6.47. The Labute approximate surface area is 272 Å². The normalized spacial score (nSPS) is 12.9. The number of aromatic nitrogens is 1. The molecular weight excluding hydrogens is 572 g/mol. The van der Waals surface area contributed by atoms with Crippen LogP contribution in [0.25, 0.3) is 71.7 Å². The fourth-order valence-electron chi connectivity index (χ4n) is 7.71.